The molecule has 0 saturated heterocycles. The molecule has 96 valence electrons. The lowest BCUT2D eigenvalue weighted by molar-refractivity contribution is 0.0938. The minimum atomic E-state index is -0.0422. The zero-order chi connectivity index (χ0) is 13.6. The number of para-hydroxylation sites is 1. The summed E-state index contributed by atoms with van der Waals surface area (Å²) in [5.41, 5.74) is 10.3. The lowest BCUT2D eigenvalue weighted by atomic mass is 10.00. The number of benzene rings is 1. The van der Waals surface area contributed by atoms with Crippen LogP contribution >= 0.6 is 0 Å². The summed E-state index contributed by atoms with van der Waals surface area (Å²) in [5, 5.41) is 0.881. The number of anilines is 1. The topological polar surface area (TPSA) is 56.0 Å². The van der Waals surface area contributed by atoms with Crippen molar-refractivity contribution >= 4 is 22.4 Å². The van der Waals surface area contributed by atoms with Crippen molar-refractivity contribution in [2.75, 3.05) is 5.73 Å². The Bertz CT molecular complexity index is 703. The third-order valence-electron chi connectivity index (χ3n) is 3.84. The number of nitrogens with zero attached hydrogens (tertiary/aromatic N) is 1. The van der Waals surface area contributed by atoms with Crippen molar-refractivity contribution in [2.45, 2.75) is 19.8 Å². The summed E-state index contributed by atoms with van der Waals surface area (Å²) in [6, 6.07) is 5.89. The molecule has 1 aromatic heterocycles. The van der Waals surface area contributed by atoms with Crippen molar-refractivity contribution in [3.63, 3.8) is 0 Å². The Morgan fingerprint density at radius 2 is 2.32 bits per heavy atom. The van der Waals surface area contributed by atoms with Crippen LogP contribution < -0.4 is 5.73 Å². The number of hydrogen-bond donors (Lipinski definition) is 1. The fourth-order valence-electron chi connectivity index (χ4n) is 2.85. The molecule has 0 bridgehead atoms. The van der Waals surface area contributed by atoms with Crippen LogP contribution in [-0.4, -0.2) is 10.8 Å². The van der Waals surface area contributed by atoms with Crippen molar-refractivity contribution in [3.05, 3.63) is 47.7 Å². The molecule has 0 amide bonds. The normalized spacial score (nSPS) is 17.7. The Kier molecular flexibility index (Phi) is 2.63. The molecule has 3 rings (SSSR count). The maximum Gasteiger partial charge on any atom is 0.170 e. The maximum absolute atomic E-state index is 12.4. The summed E-state index contributed by atoms with van der Waals surface area (Å²) in [6.45, 7) is 5.72. The molecule has 0 aliphatic heterocycles. The van der Waals surface area contributed by atoms with Gasteiger partial charge in [-0.2, -0.15) is 0 Å². The number of rotatable bonds is 2. The van der Waals surface area contributed by atoms with Gasteiger partial charge in [0.1, 0.15) is 0 Å². The summed E-state index contributed by atoms with van der Waals surface area (Å²) in [4.78, 5) is 17.0. The number of Topliss-reactive ketones (excluding diaryl/α,β-unsaturated/α-hetero) is 1. The highest BCUT2D eigenvalue weighted by molar-refractivity contribution is 6.11. The molecular weight excluding hydrogens is 236 g/mol. The number of allylic oxidation sites excluding steroid dienone is 1. The van der Waals surface area contributed by atoms with E-state index in [9.17, 15) is 4.79 Å². The fourth-order valence-corrected chi connectivity index (χ4v) is 2.85. The molecule has 1 heterocycles. The van der Waals surface area contributed by atoms with Gasteiger partial charge < -0.3 is 5.73 Å². The van der Waals surface area contributed by atoms with E-state index in [0.29, 0.717) is 24.1 Å². The monoisotopic (exact) mass is 252 g/mol. The third-order valence-corrected chi connectivity index (χ3v) is 3.84. The van der Waals surface area contributed by atoms with Crippen molar-refractivity contribution in [1.29, 1.82) is 0 Å². The number of pyridine rings is 1. The van der Waals surface area contributed by atoms with E-state index in [4.69, 9.17) is 5.73 Å². The van der Waals surface area contributed by atoms with Crippen molar-refractivity contribution in [2.24, 2.45) is 5.92 Å². The number of hydrogen-bond acceptors (Lipinski definition) is 3. The molecule has 1 unspecified atom stereocenters. The minimum Gasteiger partial charge on any atom is -0.398 e. The van der Waals surface area contributed by atoms with E-state index in [1.54, 1.807) is 6.08 Å². The van der Waals surface area contributed by atoms with Crippen molar-refractivity contribution < 1.29 is 4.79 Å². The van der Waals surface area contributed by atoms with Crippen LogP contribution in [0.25, 0.3) is 10.9 Å². The first-order chi connectivity index (χ1) is 9.13. The van der Waals surface area contributed by atoms with E-state index >= 15 is 0 Å². The predicted molar refractivity (Wildman–Crippen MR) is 77.2 cm³/mol. The first kappa shape index (κ1) is 11.9. The fraction of sp³-hybridized carbons (Fsp3) is 0.250. The second kappa shape index (κ2) is 4.19. The Labute approximate surface area is 112 Å². The van der Waals surface area contributed by atoms with Gasteiger partial charge in [-0.25, -0.2) is 0 Å². The van der Waals surface area contributed by atoms with Gasteiger partial charge in [-0.3, -0.25) is 9.78 Å². The van der Waals surface area contributed by atoms with Crippen LogP contribution in [0.2, 0.25) is 0 Å². The molecule has 19 heavy (non-hydrogen) atoms. The van der Waals surface area contributed by atoms with E-state index < -0.39 is 0 Å². The Hall–Kier alpha value is -2.16. The number of carbonyl (C=O) groups excluding carboxylic acids is 1. The second-order valence-corrected chi connectivity index (χ2v) is 5.11. The Morgan fingerprint density at radius 1 is 1.53 bits per heavy atom. The second-order valence-electron chi connectivity index (χ2n) is 5.11. The molecule has 0 radical (unpaired) electrons. The number of ketones is 1. The number of aromatic nitrogens is 1. The maximum atomic E-state index is 12.4. The van der Waals surface area contributed by atoms with Gasteiger partial charge in [0, 0.05) is 17.7 Å². The van der Waals surface area contributed by atoms with Crippen LogP contribution in [0.1, 0.15) is 28.0 Å². The summed E-state index contributed by atoms with van der Waals surface area (Å²) in [7, 11) is 0. The number of fused-ring (bicyclic) bond motifs is 2. The van der Waals surface area contributed by atoms with E-state index in [1.807, 2.05) is 25.1 Å². The van der Waals surface area contributed by atoms with Gasteiger partial charge in [0.15, 0.2) is 5.78 Å². The molecule has 1 atom stereocenters. The first-order valence-corrected chi connectivity index (χ1v) is 6.46. The van der Waals surface area contributed by atoms with E-state index in [-0.39, 0.29) is 11.7 Å². The van der Waals surface area contributed by atoms with E-state index in [1.165, 1.54) is 0 Å². The smallest absolute Gasteiger partial charge is 0.170 e. The van der Waals surface area contributed by atoms with Crippen molar-refractivity contribution in [3.8, 4) is 0 Å². The zero-order valence-electron chi connectivity index (χ0n) is 10.9. The molecule has 1 aromatic carbocycles. The lowest BCUT2D eigenvalue weighted by Gasteiger charge is -2.08. The number of nitrogens with two attached hydrogens (primary N) is 1. The molecule has 3 nitrogen and oxygen atoms in total. The Morgan fingerprint density at radius 3 is 3.05 bits per heavy atom. The van der Waals surface area contributed by atoms with Gasteiger partial charge in [0.2, 0.25) is 0 Å². The highest BCUT2D eigenvalue weighted by Gasteiger charge is 2.33. The molecule has 1 aliphatic rings. The lowest BCUT2D eigenvalue weighted by Crippen LogP contribution is -2.09. The van der Waals surface area contributed by atoms with Gasteiger partial charge in [-0.05, 0) is 18.9 Å². The van der Waals surface area contributed by atoms with Crippen LogP contribution in [0.5, 0.6) is 0 Å². The molecule has 1 aliphatic carbocycles. The highest BCUT2D eigenvalue weighted by Crippen LogP contribution is 2.36. The molecule has 0 spiro atoms. The summed E-state index contributed by atoms with van der Waals surface area (Å²) in [5.74, 6) is 0.0720. The van der Waals surface area contributed by atoms with Crippen molar-refractivity contribution in [1.82, 2.24) is 4.98 Å². The zero-order valence-corrected chi connectivity index (χ0v) is 10.9. The third kappa shape index (κ3) is 1.65. The molecule has 3 heteroatoms. The van der Waals surface area contributed by atoms with Crippen LogP contribution in [0.4, 0.5) is 5.69 Å². The van der Waals surface area contributed by atoms with E-state index in [0.717, 1.165) is 22.2 Å². The van der Waals surface area contributed by atoms with Crippen LogP contribution in [-0.2, 0) is 6.42 Å². The molecular formula is C16H16N2O. The summed E-state index contributed by atoms with van der Waals surface area (Å²) < 4.78 is 0. The summed E-state index contributed by atoms with van der Waals surface area (Å²) in [6.07, 6.45) is 3.15. The Balaban J connectivity index is 2.26. The molecule has 2 aromatic rings. The molecule has 0 saturated carbocycles. The predicted octanol–water partition coefficient (Wildman–Crippen LogP) is 3.06. The van der Waals surface area contributed by atoms with Gasteiger partial charge in [0.25, 0.3) is 0 Å². The SMILES string of the molecule is C=CCC1Cc2nc3c(C)cccc3c(N)c2C1=O. The standard InChI is InChI=1S/C16H16N2O/c1-3-5-10-8-12-13(16(10)19)14(17)11-7-4-6-9(2)15(11)18-12/h3-4,6-7,10H,1,5,8H2,2H3,(H2,17,18). The highest BCUT2D eigenvalue weighted by atomic mass is 16.1. The average Bonchev–Trinajstić information content (AvgIpc) is 2.69. The van der Waals surface area contributed by atoms with Crippen LogP contribution in [0.3, 0.4) is 0 Å². The largest absolute Gasteiger partial charge is 0.398 e. The number of carbonyl (C=O) groups is 1. The van der Waals surface area contributed by atoms with Crippen LogP contribution in [0.15, 0.2) is 30.9 Å². The molecule has 0 fully saturated rings. The van der Waals surface area contributed by atoms with Gasteiger partial charge >= 0.3 is 0 Å². The summed E-state index contributed by atoms with van der Waals surface area (Å²) >= 11 is 0. The van der Waals surface area contributed by atoms with E-state index in [2.05, 4.69) is 11.6 Å². The molecule has 2 N–H and O–H groups in total. The number of nitrogen functional groups attached to an aromatic ring is 1. The van der Waals surface area contributed by atoms with Gasteiger partial charge in [0.05, 0.1) is 22.5 Å². The number of aryl methyl sites for hydroxylation is 1. The first-order valence-electron chi connectivity index (χ1n) is 6.46. The quantitative estimate of drug-likeness (QED) is 0.836. The van der Waals surface area contributed by atoms with Crippen LogP contribution in [0, 0.1) is 12.8 Å². The van der Waals surface area contributed by atoms with Gasteiger partial charge in [-0.1, -0.05) is 24.3 Å². The average molecular weight is 252 g/mol. The minimum absolute atomic E-state index is 0.0422. The van der Waals surface area contributed by atoms with Gasteiger partial charge in [-0.15, -0.1) is 6.58 Å².